The molecule has 29 heavy (non-hydrogen) atoms. The molecule has 0 aliphatic carbocycles. The molecular formula is C21H32N2O6. The zero-order chi connectivity index (χ0) is 21.3. The number of likely N-dealkylation sites (tertiary alicyclic amines) is 1. The fourth-order valence-electron chi connectivity index (χ4n) is 5.39. The van der Waals surface area contributed by atoms with Crippen LogP contribution in [0.25, 0.3) is 0 Å². The average molecular weight is 408 g/mol. The number of ether oxygens (including phenoxy) is 1. The van der Waals surface area contributed by atoms with Crippen molar-refractivity contribution in [3.63, 3.8) is 0 Å². The van der Waals surface area contributed by atoms with Crippen LogP contribution in [0.2, 0.25) is 0 Å². The normalized spacial score (nSPS) is 33.6. The molecule has 2 bridgehead atoms. The van der Waals surface area contributed by atoms with Crippen molar-refractivity contribution >= 4 is 17.8 Å². The van der Waals surface area contributed by atoms with E-state index in [1.807, 2.05) is 0 Å². The molecule has 8 nitrogen and oxygen atoms in total. The van der Waals surface area contributed by atoms with Gasteiger partial charge in [-0.3, -0.25) is 14.4 Å². The van der Waals surface area contributed by atoms with Crippen molar-refractivity contribution in [2.24, 2.45) is 11.8 Å². The third kappa shape index (κ3) is 3.36. The summed E-state index contributed by atoms with van der Waals surface area (Å²) < 4.78 is 6.14. The lowest BCUT2D eigenvalue weighted by Gasteiger charge is -2.38. The van der Waals surface area contributed by atoms with Gasteiger partial charge in [-0.25, -0.2) is 0 Å². The van der Waals surface area contributed by atoms with E-state index in [1.54, 1.807) is 17.9 Å². The summed E-state index contributed by atoms with van der Waals surface area (Å²) in [6.45, 7) is 8.08. The van der Waals surface area contributed by atoms with Crippen molar-refractivity contribution < 1.29 is 29.3 Å². The quantitative estimate of drug-likeness (QED) is 0.413. The van der Waals surface area contributed by atoms with Crippen molar-refractivity contribution in [2.45, 2.75) is 69.7 Å². The van der Waals surface area contributed by atoms with E-state index in [-0.39, 0.29) is 12.5 Å². The molecule has 6 atom stereocenters. The van der Waals surface area contributed by atoms with Gasteiger partial charge in [0.1, 0.15) is 11.6 Å². The molecule has 0 aromatic heterocycles. The summed E-state index contributed by atoms with van der Waals surface area (Å²) in [6, 6.07) is -1.52. The number of amides is 2. The maximum Gasteiger partial charge on any atom is 0.310 e. The van der Waals surface area contributed by atoms with Crippen molar-refractivity contribution in [3.05, 3.63) is 12.7 Å². The molecule has 2 N–H and O–H groups in total. The number of hydrogen-bond acceptors (Lipinski definition) is 5. The van der Waals surface area contributed by atoms with Crippen LogP contribution >= 0.6 is 0 Å². The molecule has 162 valence electrons. The smallest absolute Gasteiger partial charge is 0.310 e. The van der Waals surface area contributed by atoms with Gasteiger partial charge in [0.05, 0.1) is 30.6 Å². The van der Waals surface area contributed by atoms with Gasteiger partial charge in [-0.1, -0.05) is 25.8 Å². The minimum absolute atomic E-state index is 0.246. The highest BCUT2D eigenvalue weighted by Gasteiger charge is 2.75. The first kappa shape index (κ1) is 21.8. The van der Waals surface area contributed by atoms with Gasteiger partial charge in [0.25, 0.3) is 0 Å². The number of aliphatic hydroxyl groups is 1. The lowest BCUT2D eigenvalue weighted by molar-refractivity contribution is -0.153. The third-order valence-corrected chi connectivity index (χ3v) is 6.69. The molecule has 2 amide bonds. The first-order chi connectivity index (χ1) is 13.8. The summed E-state index contributed by atoms with van der Waals surface area (Å²) in [5.74, 6) is -3.54. The predicted molar refractivity (Wildman–Crippen MR) is 105 cm³/mol. The number of hydrogen-bond donors (Lipinski definition) is 2. The molecule has 0 unspecified atom stereocenters. The van der Waals surface area contributed by atoms with Crippen LogP contribution in [0.4, 0.5) is 0 Å². The van der Waals surface area contributed by atoms with Gasteiger partial charge in [0, 0.05) is 13.1 Å². The molecule has 3 aliphatic rings. The van der Waals surface area contributed by atoms with Crippen LogP contribution in [0, 0.1) is 11.8 Å². The Labute approximate surface area is 171 Å². The van der Waals surface area contributed by atoms with Gasteiger partial charge < -0.3 is 24.7 Å². The highest BCUT2D eigenvalue weighted by molar-refractivity contribution is 5.98. The zero-order valence-electron chi connectivity index (χ0n) is 17.2. The summed E-state index contributed by atoms with van der Waals surface area (Å²) in [5, 5.41) is 19.5. The topological polar surface area (TPSA) is 107 Å². The van der Waals surface area contributed by atoms with E-state index in [1.165, 1.54) is 4.90 Å². The minimum atomic E-state index is -1.13. The Bertz CT molecular complexity index is 682. The van der Waals surface area contributed by atoms with E-state index >= 15 is 0 Å². The molecule has 0 aromatic rings. The van der Waals surface area contributed by atoms with Crippen LogP contribution in [0.5, 0.6) is 0 Å². The fourth-order valence-corrected chi connectivity index (χ4v) is 5.39. The summed E-state index contributed by atoms with van der Waals surface area (Å²) in [6.07, 6.45) is 4.93. The van der Waals surface area contributed by atoms with E-state index in [2.05, 4.69) is 13.5 Å². The minimum Gasteiger partial charge on any atom is -0.481 e. The fraction of sp³-hybridized carbons (Fsp3) is 0.762. The number of carbonyl (C=O) groups excluding carboxylic acids is 2. The van der Waals surface area contributed by atoms with Crippen molar-refractivity contribution in [1.29, 1.82) is 0 Å². The predicted octanol–water partition coefficient (Wildman–Crippen LogP) is 1.03. The van der Waals surface area contributed by atoms with Gasteiger partial charge >= 0.3 is 5.97 Å². The highest BCUT2D eigenvalue weighted by atomic mass is 16.5. The summed E-state index contributed by atoms with van der Waals surface area (Å²) >= 11 is 0. The summed E-state index contributed by atoms with van der Waals surface area (Å²) in [5.41, 5.74) is -1.13. The second kappa shape index (κ2) is 8.44. The molecule has 3 heterocycles. The van der Waals surface area contributed by atoms with Crippen LogP contribution in [0.15, 0.2) is 12.7 Å². The number of rotatable bonds is 10. The maximum absolute atomic E-state index is 13.7. The molecule has 1 spiro atoms. The number of aliphatic hydroxyl groups excluding tert-OH is 1. The highest BCUT2D eigenvalue weighted by Crippen LogP contribution is 2.58. The molecule has 3 rings (SSSR count). The molecule has 0 radical (unpaired) electrons. The molecule has 0 saturated carbocycles. The zero-order valence-corrected chi connectivity index (χ0v) is 17.2. The van der Waals surface area contributed by atoms with Gasteiger partial charge in [-0.05, 0) is 26.2 Å². The lowest BCUT2D eigenvalue weighted by Crippen LogP contribution is -2.58. The van der Waals surface area contributed by atoms with Crippen LogP contribution < -0.4 is 0 Å². The Morgan fingerprint density at radius 1 is 1.45 bits per heavy atom. The van der Waals surface area contributed by atoms with Crippen molar-refractivity contribution in [1.82, 2.24) is 9.80 Å². The number of carboxylic acids is 1. The van der Waals surface area contributed by atoms with Crippen LogP contribution in [0.1, 0.15) is 46.0 Å². The van der Waals surface area contributed by atoms with Crippen LogP contribution in [0.3, 0.4) is 0 Å². The lowest BCUT2D eigenvalue weighted by atomic mass is 9.70. The Morgan fingerprint density at radius 3 is 2.76 bits per heavy atom. The molecule has 3 fully saturated rings. The third-order valence-electron chi connectivity index (χ3n) is 6.69. The summed E-state index contributed by atoms with van der Waals surface area (Å²) in [4.78, 5) is 42.0. The Hall–Kier alpha value is -1.93. The van der Waals surface area contributed by atoms with Crippen molar-refractivity contribution in [3.8, 4) is 0 Å². The van der Waals surface area contributed by atoms with Gasteiger partial charge in [0.2, 0.25) is 11.8 Å². The number of nitrogens with zero attached hydrogens (tertiary/aromatic N) is 2. The van der Waals surface area contributed by atoms with Gasteiger partial charge in [-0.15, -0.1) is 6.58 Å². The molecule has 3 aliphatic heterocycles. The molecule has 0 aromatic carbocycles. The summed E-state index contributed by atoms with van der Waals surface area (Å²) in [7, 11) is 0. The van der Waals surface area contributed by atoms with E-state index in [0.29, 0.717) is 25.9 Å². The first-order valence-corrected chi connectivity index (χ1v) is 10.6. The molecule has 8 heteroatoms. The monoisotopic (exact) mass is 408 g/mol. The largest absolute Gasteiger partial charge is 0.481 e. The Kier molecular flexibility index (Phi) is 6.33. The van der Waals surface area contributed by atoms with Gasteiger partial charge in [-0.2, -0.15) is 0 Å². The Morgan fingerprint density at radius 2 is 2.17 bits per heavy atom. The van der Waals surface area contributed by atoms with Crippen LogP contribution in [-0.2, 0) is 19.1 Å². The van der Waals surface area contributed by atoms with E-state index < -0.39 is 47.5 Å². The Balaban J connectivity index is 1.99. The van der Waals surface area contributed by atoms with E-state index in [9.17, 15) is 24.6 Å². The second-order valence-electron chi connectivity index (χ2n) is 8.45. The average Bonchev–Trinajstić information content (AvgIpc) is 3.33. The van der Waals surface area contributed by atoms with E-state index in [0.717, 1.165) is 19.3 Å². The van der Waals surface area contributed by atoms with Crippen molar-refractivity contribution in [2.75, 3.05) is 19.7 Å². The number of unbranched alkanes of at least 4 members (excludes halogenated alkanes) is 2. The number of carboxylic acid groups (broad SMARTS) is 1. The van der Waals surface area contributed by atoms with Crippen LogP contribution in [-0.4, -0.2) is 81.3 Å². The standard InChI is InChI=1S/C21H32N2O6/c1-4-6-7-11-22(10-5-2)19(26)17-21-9-8-14(29-21)15(20(27)28)16(21)18(25)23(17)13(3)12-24/h5,13-17,24H,2,4,6-12H2,1,3H3,(H,27,28)/t13-,14+,15-,16-,17+,21-/m1/s1. The maximum atomic E-state index is 13.7. The number of aliphatic carboxylic acids is 1. The molecular weight excluding hydrogens is 376 g/mol. The second-order valence-corrected chi connectivity index (χ2v) is 8.45. The molecule has 3 saturated heterocycles. The van der Waals surface area contributed by atoms with E-state index in [4.69, 9.17) is 4.74 Å². The first-order valence-electron chi connectivity index (χ1n) is 10.6. The number of carbonyl (C=O) groups is 3. The number of fused-ring (bicyclic) bond motifs is 1. The SMILES string of the molecule is C=CCN(CCCCC)C(=O)[C@@H]1N([C@H](C)CO)C(=O)[C@H]2[C@H](C(=O)O)[C@@H]3CC[C@]12O3. The van der Waals surface area contributed by atoms with Gasteiger partial charge in [0.15, 0.2) is 0 Å².